The highest BCUT2D eigenvalue weighted by molar-refractivity contribution is 7.98. The summed E-state index contributed by atoms with van der Waals surface area (Å²) in [7, 11) is 0. The van der Waals surface area contributed by atoms with Gasteiger partial charge in [-0.3, -0.25) is 15.0 Å². The zero-order valence-electron chi connectivity index (χ0n) is 15.8. The Morgan fingerprint density at radius 1 is 1.25 bits per heavy atom. The molecule has 1 aromatic rings. The molecule has 150 valence electrons. The van der Waals surface area contributed by atoms with Gasteiger partial charge in [0.25, 0.3) is 11.8 Å². The van der Waals surface area contributed by atoms with Gasteiger partial charge in [-0.15, -0.1) is 11.8 Å². The minimum Gasteiger partial charge on any atom is -0.452 e. The Balaban J connectivity index is 1.53. The van der Waals surface area contributed by atoms with Crippen molar-refractivity contribution in [3.05, 3.63) is 29.8 Å². The predicted molar refractivity (Wildman–Crippen MR) is 102 cm³/mol. The number of nitrogens with zero attached hydrogens (tertiary/aromatic N) is 1. The number of hydrogen-bond donors (Lipinski definition) is 2. The molecule has 2 aliphatic rings. The summed E-state index contributed by atoms with van der Waals surface area (Å²) in [6, 6.07) is 6.11. The van der Waals surface area contributed by atoms with E-state index in [4.69, 9.17) is 4.74 Å². The quantitative estimate of drug-likeness (QED) is 0.442. The molecule has 1 saturated heterocycles. The molecule has 1 aliphatic heterocycles. The van der Waals surface area contributed by atoms with Crippen LogP contribution in [0, 0.1) is 5.92 Å². The molecule has 0 bridgehead atoms. The smallest absolute Gasteiger partial charge is 0.344 e. The van der Waals surface area contributed by atoms with Crippen LogP contribution in [0.2, 0.25) is 0 Å². The van der Waals surface area contributed by atoms with Crippen LogP contribution >= 0.6 is 11.8 Å². The van der Waals surface area contributed by atoms with Gasteiger partial charge in [0.2, 0.25) is 0 Å². The van der Waals surface area contributed by atoms with Crippen LogP contribution in [0.1, 0.15) is 43.0 Å². The van der Waals surface area contributed by atoms with Gasteiger partial charge in [-0.2, -0.15) is 5.01 Å². The van der Waals surface area contributed by atoms with Gasteiger partial charge in [0.05, 0.1) is 5.56 Å². The number of hydrogen-bond acceptors (Lipinski definition) is 6. The number of imide groups is 1. The van der Waals surface area contributed by atoms with Gasteiger partial charge in [0.1, 0.15) is 5.54 Å². The van der Waals surface area contributed by atoms with E-state index in [-0.39, 0.29) is 0 Å². The van der Waals surface area contributed by atoms with E-state index in [2.05, 4.69) is 17.7 Å². The third-order valence-electron chi connectivity index (χ3n) is 5.19. The van der Waals surface area contributed by atoms with E-state index in [9.17, 15) is 19.2 Å². The van der Waals surface area contributed by atoms with E-state index >= 15 is 0 Å². The first-order valence-electron chi connectivity index (χ1n) is 9.12. The number of thioether (sulfide) groups is 1. The first kappa shape index (κ1) is 20.2. The number of amides is 4. The molecule has 0 atom stereocenters. The molecule has 0 radical (unpaired) electrons. The SMILES string of the molecule is CSc1ccc(C(=O)OCC(=O)NN2C(=O)NC3(CCC(C)CC3)C2=O)cc1. The molecule has 1 saturated carbocycles. The van der Waals surface area contributed by atoms with E-state index in [0.717, 1.165) is 17.7 Å². The van der Waals surface area contributed by atoms with Crippen molar-refractivity contribution in [1.82, 2.24) is 15.8 Å². The zero-order chi connectivity index (χ0) is 20.3. The number of nitrogens with one attached hydrogen (secondary N) is 2. The normalized spacial score (nSPS) is 24.2. The van der Waals surface area contributed by atoms with Gasteiger partial charge >= 0.3 is 12.0 Å². The summed E-state index contributed by atoms with van der Waals surface area (Å²) >= 11 is 1.54. The number of carbonyl (C=O) groups excluding carboxylic acids is 4. The third kappa shape index (κ3) is 4.14. The largest absolute Gasteiger partial charge is 0.452 e. The Labute approximate surface area is 167 Å². The number of hydrazine groups is 1. The molecule has 0 unspecified atom stereocenters. The minimum absolute atomic E-state index is 0.316. The summed E-state index contributed by atoms with van der Waals surface area (Å²) in [4.78, 5) is 49.9. The lowest BCUT2D eigenvalue weighted by Gasteiger charge is -2.33. The van der Waals surface area contributed by atoms with Crippen LogP contribution in [0.15, 0.2) is 29.2 Å². The van der Waals surface area contributed by atoms with Crippen molar-refractivity contribution in [2.45, 2.75) is 43.0 Å². The molecule has 2 fully saturated rings. The van der Waals surface area contributed by atoms with E-state index < -0.39 is 36.0 Å². The average molecular weight is 405 g/mol. The maximum Gasteiger partial charge on any atom is 0.344 e. The summed E-state index contributed by atoms with van der Waals surface area (Å²) in [5, 5.41) is 3.40. The van der Waals surface area contributed by atoms with E-state index in [0.29, 0.717) is 29.3 Å². The molecule has 1 heterocycles. The van der Waals surface area contributed by atoms with Crippen LogP contribution in [0.5, 0.6) is 0 Å². The highest BCUT2D eigenvalue weighted by Gasteiger charge is 2.52. The molecule has 1 spiro atoms. The maximum atomic E-state index is 12.7. The Bertz CT molecular complexity index is 787. The van der Waals surface area contributed by atoms with E-state index in [1.165, 1.54) is 0 Å². The van der Waals surface area contributed by atoms with Crippen molar-refractivity contribution in [2.24, 2.45) is 5.92 Å². The Morgan fingerprint density at radius 2 is 1.89 bits per heavy atom. The monoisotopic (exact) mass is 405 g/mol. The number of urea groups is 1. The van der Waals surface area contributed by atoms with Crippen LogP contribution in [-0.2, 0) is 14.3 Å². The molecular formula is C19H23N3O5S. The second-order valence-corrected chi connectivity index (χ2v) is 8.05. The Hall–Kier alpha value is -2.55. The van der Waals surface area contributed by atoms with Crippen molar-refractivity contribution in [3.63, 3.8) is 0 Å². The third-order valence-corrected chi connectivity index (χ3v) is 5.93. The summed E-state index contributed by atoms with van der Waals surface area (Å²) in [6.45, 7) is 1.51. The highest BCUT2D eigenvalue weighted by atomic mass is 32.2. The van der Waals surface area contributed by atoms with Crippen LogP contribution in [0.4, 0.5) is 4.79 Å². The number of rotatable bonds is 5. The second kappa shape index (κ2) is 8.22. The minimum atomic E-state index is -0.938. The van der Waals surface area contributed by atoms with Crippen molar-refractivity contribution < 1.29 is 23.9 Å². The van der Waals surface area contributed by atoms with E-state index in [1.54, 1.807) is 36.0 Å². The summed E-state index contributed by atoms with van der Waals surface area (Å²) in [5.74, 6) is -1.36. The molecule has 9 heteroatoms. The fraction of sp³-hybridized carbons (Fsp3) is 0.474. The number of benzene rings is 1. The Kier molecular flexibility index (Phi) is 5.93. The summed E-state index contributed by atoms with van der Waals surface area (Å²) in [6.07, 6.45) is 4.69. The van der Waals surface area contributed by atoms with Crippen LogP contribution in [0.3, 0.4) is 0 Å². The molecule has 1 aliphatic carbocycles. The molecule has 4 amide bonds. The molecule has 28 heavy (non-hydrogen) atoms. The zero-order valence-corrected chi connectivity index (χ0v) is 16.6. The maximum absolute atomic E-state index is 12.7. The van der Waals surface area contributed by atoms with Crippen LogP contribution in [0.25, 0.3) is 0 Å². The number of ether oxygens (including phenoxy) is 1. The highest BCUT2D eigenvalue weighted by Crippen LogP contribution is 2.35. The van der Waals surface area contributed by atoms with Gasteiger partial charge in [-0.05, 0) is 62.1 Å². The lowest BCUT2D eigenvalue weighted by Crippen LogP contribution is -2.52. The molecule has 3 rings (SSSR count). The first-order valence-corrected chi connectivity index (χ1v) is 10.3. The molecular weight excluding hydrogens is 382 g/mol. The fourth-order valence-corrected chi connectivity index (χ4v) is 3.82. The first-order chi connectivity index (χ1) is 13.3. The van der Waals surface area contributed by atoms with Gasteiger partial charge in [0.15, 0.2) is 6.61 Å². The molecule has 1 aromatic carbocycles. The average Bonchev–Trinajstić information content (AvgIpc) is 2.92. The van der Waals surface area contributed by atoms with Crippen LogP contribution < -0.4 is 10.7 Å². The van der Waals surface area contributed by atoms with Gasteiger partial charge in [-0.1, -0.05) is 6.92 Å². The van der Waals surface area contributed by atoms with Crippen molar-refractivity contribution >= 4 is 35.6 Å². The molecule has 0 aromatic heterocycles. The standard InChI is InChI=1S/C19H23N3O5S/c1-12-7-9-19(10-8-12)17(25)22(18(26)20-19)21-15(23)11-27-16(24)13-3-5-14(28-2)6-4-13/h3-6,12H,7-11H2,1-2H3,(H,20,26)(H,21,23). The van der Waals surface area contributed by atoms with Gasteiger partial charge in [-0.25, -0.2) is 9.59 Å². The van der Waals surface area contributed by atoms with Gasteiger partial charge in [0, 0.05) is 4.90 Å². The number of carbonyl (C=O) groups is 4. The summed E-state index contributed by atoms with van der Waals surface area (Å²) in [5.41, 5.74) is 1.62. The van der Waals surface area contributed by atoms with Crippen molar-refractivity contribution in [2.75, 3.05) is 12.9 Å². The van der Waals surface area contributed by atoms with Crippen molar-refractivity contribution in [3.8, 4) is 0 Å². The fourth-order valence-electron chi connectivity index (χ4n) is 3.41. The van der Waals surface area contributed by atoms with Crippen LogP contribution in [-0.4, -0.2) is 47.2 Å². The van der Waals surface area contributed by atoms with Crippen molar-refractivity contribution in [1.29, 1.82) is 0 Å². The predicted octanol–water partition coefficient (Wildman–Crippen LogP) is 2.10. The molecule has 2 N–H and O–H groups in total. The number of esters is 1. The lowest BCUT2D eigenvalue weighted by molar-refractivity contribution is -0.141. The summed E-state index contributed by atoms with van der Waals surface area (Å²) < 4.78 is 4.97. The van der Waals surface area contributed by atoms with E-state index in [1.807, 2.05) is 6.26 Å². The molecule has 8 nitrogen and oxygen atoms in total. The second-order valence-electron chi connectivity index (χ2n) is 7.17. The lowest BCUT2D eigenvalue weighted by atomic mass is 9.77. The van der Waals surface area contributed by atoms with Gasteiger partial charge < -0.3 is 10.1 Å². The Morgan fingerprint density at radius 3 is 2.50 bits per heavy atom. The topological polar surface area (TPSA) is 105 Å².